The van der Waals surface area contributed by atoms with Gasteiger partial charge in [0.2, 0.25) is 0 Å². The van der Waals surface area contributed by atoms with Gasteiger partial charge in [-0.25, -0.2) is 9.78 Å². The first-order chi connectivity index (χ1) is 8.97. The minimum atomic E-state index is -0.927. The topological polar surface area (TPSA) is 53.4 Å². The third-order valence-corrected chi connectivity index (χ3v) is 3.20. The van der Waals surface area contributed by atoms with Gasteiger partial charge in [0.05, 0.1) is 5.56 Å². The number of carboxylic acids is 1. The number of hydrogen-bond donors (Lipinski definition) is 1. The molecular formula is C15H24N2O2. The highest BCUT2D eigenvalue weighted by Gasteiger charge is 2.15. The van der Waals surface area contributed by atoms with Crippen molar-refractivity contribution in [2.45, 2.75) is 53.0 Å². The van der Waals surface area contributed by atoms with E-state index in [1.807, 2.05) is 6.92 Å². The number of hydrogen-bond acceptors (Lipinski definition) is 3. The maximum atomic E-state index is 10.9. The molecule has 1 N–H and O–H groups in total. The predicted molar refractivity (Wildman–Crippen MR) is 77.9 cm³/mol. The highest BCUT2D eigenvalue weighted by Crippen LogP contribution is 2.21. The number of nitrogens with zero attached hydrogens (tertiary/aromatic N) is 2. The fourth-order valence-electron chi connectivity index (χ4n) is 2.13. The number of anilines is 1. The highest BCUT2D eigenvalue weighted by atomic mass is 16.4. The van der Waals surface area contributed by atoms with Crippen LogP contribution < -0.4 is 4.90 Å². The van der Waals surface area contributed by atoms with E-state index in [1.165, 1.54) is 19.0 Å². The molecule has 1 heterocycles. The molecule has 0 radical (unpaired) electrons. The van der Waals surface area contributed by atoms with Crippen LogP contribution in [0.1, 0.15) is 56.0 Å². The van der Waals surface area contributed by atoms with Gasteiger partial charge in [-0.3, -0.25) is 0 Å². The van der Waals surface area contributed by atoms with E-state index in [0.717, 1.165) is 24.3 Å². The van der Waals surface area contributed by atoms with Crippen LogP contribution in [-0.4, -0.2) is 28.6 Å². The second-order valence-electron chi connectivity index (χ2n) is 5.16. The van der Waals surface area contributed by atoms with Crippen LogP contribution in [0.4, 0.5) is 5.82 Å². The quantitative estimate of drug-likeness (QED) is 0.766. The number of unbranched alkanes of at least 4 members (excludes halogenated alkanes) is 2. The molecule has 0 atom stereocenters. The molecule has 0 saturated carbocycles. The van der Waals surface area contributed by atoms with Gasteiger partial charge >= 0.3 is 5.97 Å². The van der Waals surface area contributed by atoms with Crippen LogP contribution in [0.25, 0.3) is 0 Å². The number of carbonyl (C=O) groups is 1. The van der Waals surface area contributed by atoms with Crippen molar-refractivity contribution in [3.05, 3.63) is 23.4 Å². The van der Waals surface area contributed by atoms with Crippen LogP contribution in [0.2, 0.25) is 0 Å². The number of rotatable bonds is 7. The molecule has 0 bridgehead atoms. The van der Waals surface area contributed by atoms with Crippen molar-refractivity contribution in [3.8, 4) is 0 Å². The summed E-state index contributed by atoms with van der Waals surface area (Å²) >= 11 is 0. The summed E-state index contributed by atoms with van der Waals surface area (Å²) in [5, 5.41) is 8.97. The van der Waals surface area contributed by atoms with E-state index < -0.39 is 5.97 Å². The van der Waals surface area contributed by atoms with Gasteiger partial charge in [0.25, 0.3) is 0 Å². The Hall–Kier alpha value is -1.58. The minimum Gasteiger partial charge on any atom is -0.478 e. The van der Waals surface area contributed by atoms with Crippen molar-refractivity contribution in [3.63, 3.8) is 0 Å². The largest absolute Gasteiger partial charge is 0.478 e. The molecule has 0 aromatic carbocycles. The summed E-state index contributed by atoms with van der Waals surface area (Å²) in [6.07, 6.45) is 4.97. The maximum Gasteiger partial charge on any atom is 0.337 e. The predicted octanol–water partition coefficient (Wildman–Crippen LogP) is 3.49. The zero-order chi connectivity index (χ0) is 14.4. The van der Waals surface area contributed by atoms with Crippen LogP contribution >= 0.6 is 0 Å². The number of aryl methyl sites for hydroxylation is 1. The van der Waals surface area contributed by atoms with Crippen molar-refractivity contribution in [2.24, 2.45) is 0 Å². The normalized spacial score (nSPS) is 10.8. The van der Waals surface area contributed by atoms with Gasteiger partial charge in [0.15, 0.2) is 0 Å². The SMILES string of the molecule is CCCCCN(c1ncc(C(=O)O)cc1C)C(C)C. The Morgan fingerprint density at radius 2 is 2.11 bits per heavy atom. The molecule has 1 aromatic rings. The van der Waals surface area contributed by atoms with Crippen molar-refractivity contribution >= 4 is 11.8 Å². The molecule has 4 nitrogen and oxygen atoms in total. The fourth-order valence-corrected chi connectivity index (χ4v) is 2.13. The van der Waals surface area contributed by atoms with Gasteiger partial charge in [0, 0.05) is 18.8 Å². The summed E-state index contributed by atoms with van der Waals surface area (Å²) in [5.41, 5.74) is 1.17. The maximum absolute atomic E-state index is 10.9. The van der Waals surface area contributed by atoms with E-state index in [0.29, 0.717) is 6.04 Å². The van der Waals surface area contributed by atoms with Crippen LogP contribution in [0.5, 0.6) is 0 Å². The van der Waals surface area contributed by atoms with E-state index in [4.69, 9.17) is 5.11 Å². The van der Waals surface area contributed by atoms with E-state index in [2.05, 4.69) is 30.7 Å². The lowest BCUT2D eigenvalue weighted by molar-refractivity contribution is 0.0696. The Balaban J connectivity index is 2.93. The molecule has 0 aliphatic heterocycles. The minimum absolute atomic E-state index is 0.249. The van der Waals surface area contributed by atoms with Crippen LogP contribution in [0, 0.1) is 6.92 Å². The lowest BCUT2D eigenvalue weighted by Crippen LogP contribution is -2.33. The molecule has 4 heteroatoms. The first-order valence-corrected chi connectivity index (χ1v) is 6.94. The summed E-state index contributed by atoms with van der Waals surface area (Å²) in [6.45, 7) is 9.34. The summed E-state index contributed by atoms with van der Waals surface area (Å²) in [4.78, 5) is 17.5. The third-order valence-electron chi connectivity index (χ3n) is 3.20. The van der Waals surface area contributed by atoms with Crippen LogP contribution in [-0.2, 0) is 0 Å². The molecule has 0 fully saturated rings. The summed E-state index contributed by atoms with van der Waals surface area (Å²) < 4.78 is 0. The van der Waals surface area contributed by atoms with Crippen molar-refractivity contribution in [1.29, 1.82) is 0 Å². The number of carboxylic acid groups (broad SMARTS) is 1. The number of aromatic nitrogens is 1. The monoisotopic (exact) mass is 264 g/mol. The van der Waals surface area contributed by atoms with Crippen molar-refractivity contribution in [1.82, 2.24) is 4.98 Å². The fraction of sp³-hybridized carbons (Fsp3) is 0.600. The van der Waals surface area contributed by atoms with Gasteiger partial charge in [-0.05, 0) is 38.8 Å². The first kappa shape index (κ1) is 15.5. The molecule has 0 aliphatic rings. The van der Waals surface area contributed by atoms with Gasteiger partial charge in [-0.1, -0.05) is 19.8 Å². The molecule has 106 valence electrons. The van der Waals surface area contributed by atoms with Crippen molar-refractivity contribution in [2.75, 3.05) is 11.4 Å². The second-order valence-corrected chi connectivity index (χ2v) is 5.16. The van der Waals surface area contributed by atoms with Gasteiger partial charge in [-0.2, -0.15) is 0 Å². The highest BCUT2D eigenvalue weighted by molar-refractivity contribution is 5.87. The molecule has 0 saturated heterocycles. The summed E-state index contributed by atoms with van der Waals surface area (Å²) in [5.74, 6) is -0.0275. The molecule has 0 amide bonds. The Labute approximate surface area is 115 Å². The Morgan fingerprint density at radius 1 is 1.42 bits per heavy atom. The summed E-state index contributed by atoms with van der Waals surface area (Å²) in [6, 6.07) is 2.05. The molecule has 0 aliphatic carbocycles. The van der Waals surface area contributed by atoms with Crippen molar-refractivity contribution < 1.29 is 9.90 Å². The van der Waals surface area contributed by atoms with Gasteiger partial charge in [0.1, 0.15) is 5.82 Å². The molecule has 1 rings (SSSR count). The third kappa shape index (κ3) is 4.23. The average molecular weight is 264 g/mol. The molecular weight excluding hydrogens is 240 g/mol. The van der Waals surface area contributed by atoms with E-state index in [9.17, 15) is 4.79 Å². The van der Waals surface area contributed by atoms with Gasteiger partial charge in [-0.15, -0.1) is 0 Å². The molecule has 0 unspecified atom stereocenters. The zero-order valence-corrected chi connectivity index (χ0v) is 12.3. The lowest BCUT2D eigenvalue weighted by atomic mass is 10.1. The van der Waals surface area contributed by atoms with E-state index in [1.54, 1.807) is 6.07 Å². The van der Waals surface area contributed by atoms with Crippen LogP contribution in [0.15, 0.2) is 12.3 Å². The second kappa shape index (κ2) is 7.12. The Bertz CT molecular complexity index is 430. The number of aromatic carboxylic acids is 1. The van der Waals surface area contributed by atoms with Crippen LogP contribution in [0.3, 0.4) is 0 Å². The average Bonchev–Trinajstić information content (AvgIpc) is 2.35. The molecule has 19 heavy (non-hydrogen) atoms. The lowest BCUT2D eigenvalue weighted by Gasteiger charge is -2.29. The zero-order valence-electron chi connectivity index (χ0n) is 12.3. The Morgan fingerprint density at radius 3 is 2.58 bits per heavy atom. The number of pyridine rings is 1. The Kier molecular flexibility index (Phi) is 5.80. The first-order valence-electron chi connectivity index (χ1n) is 6.94. The summed E-state index contributed by atoms with van der Waals surface area (Å²) in [7, 11) is 0. The standard InChI is InChI=1S/C15H24N2O2/c1-5-6-7-8-17(11(2)3)14-12(4)9-13(10-16-14)15(18)19/h9-11H,5-8H2,1-4H3,(H,18,19). The van der Waals surface area contributed by atoms with Gasteiger partial charge < -0.3 is 10.0 Å². The van der Waals surface area contributed by atoms with E-state index >= 15 is 0 Å². The van der Waals surface area contributed by atoms with E-state index in [-0.39, 0.29) is 5.56 Å². The molecule has 0 spiro atoms. The molecule has 1 aromatic heterocycles. The smallest absolute Gasteiger partial charge is 0.337 e.